The Bertz CT molecular complexity index is 152. The molecule has 2 atom stereocenters. The molecule has 1 heterocycles. The summed E-state index contributed by atoms with van der Waals surface area (Å²) in [5.74, 6) is 0.882. The summed E-state index contributed by atoms with van der Waals surface area (Å²) in [6.45, 7) is 5.69. The molecular formula is C15H30O. The van der Waals surface area contributed by atoms with Crippen LogP contribution in [-0.4, -0.2) is 12.7 Å². The Kier molecular flexibility index (Phi) is 7.92. The maximum atomic E-state index is 5.26. The van der Waals surface area contributed by atoms with Crippen LogP contribution in [0.4, 0.5) is 0 Å². The first-order valence-electron chi connectivity index (χ1n) is 7.44. The molecule has 16 heavy (non-hydrogen) atoms. The smallest absolute Gasteiger partial charge is 0.0812 e. The predicted octanol–water partition coefficient (Wildman–Crippen LogP) is 4.94. The standard InChI is InChI=1S/C15H30O/c1-3-4-5-6-7-8-9-10-11-14(2)12-15-13-16-15/h14-15H,3-13H2,1-2H3. The molecule has 0 aliphatic carbocycles. The Morgan fingerprint density at radius 2 is 1.56 bits per heavy atom. The Morgan fingerprint density at radius 1 is 1.00 bits per heavy atom. The van der Waals surface area contributed by atoms with Crippen molar-refractivity contribution in [1.29, 1.82) is 0 Å². The van der Waals surface area contributed by atoms with E-state index in [9.17, 15) is 0 Å². The number of ether oxygens (including phenoxy) is 1. The van der Waals surface area contributed by atoms with Gasteiger partial charge in [-0.25, -0.2) is 0 Å². The second-order valence-electron chi connectivity index (χ2n) is 5.56. The molecule has 0 aromatic carbocycles. The molecule has 1 heteroatoms. The lowest BCUT2D eigenvalue weighted by atomic mass is 9.97. The van der Waals surface area contributed by atoms with Crippen molar-refractivity contribution < 1.29 is 4.74 Å². The SMILES string of the molecule is CCCCCCCCCCC(C)CC1CO1. The fourth-order valence-corrected chi connectivity index (χ4v) is 2.40. The molecule has 1 fully saturated rings. The van der Waals surface area contributed by atoms with Gasteiger partial charge in [-0.1, -0.05) is 71.6 Å². The molecule has 2 unspecified atom stereocenters. The van der Waals surface area contributed by atoms with E-state index in [0.717, 1.165) is 12.5 Å². The number of rotatable bonds is 11. The van der Waals surface area contributed by atoms with E-state index in [2.05, 4.69) is 13.8 Å². The van der Waals surface area contributed by atoms with Crippen molar-refractivity contribution in [3.63, 3.8) is 0 Å². The highest BCUT2D eigenvalue weighted by Gasteiger charge is 2.24. The van der Waals surface area contributed by atoms with Crippen LogP contribution in [0.1, 0.15) is 78.1 Å². The molecule has 1 aliphatic heterocycles. The summed E-state index contributed by atoms with van der Waals surface area (Å²) >= 11 is 0. The lowest BCUT2D eigenvalue weighted by Gasteiger charge is -2.08. The molecule has 0 spiro atoms. The first kappa shape index (κ1) is 14.0. The van der Waals surface area contributed by atoms with E-state index in [1.807, 2.05) is 0 Å². The van der Waals surface area contributed by atoms with Crippen LogP contribution in [0.2, 0.25) is 0 Å². The van der Waals surface area contributed by atoms with E-state index in [0.29, 0.717) is 6.10 Å². The summed E-state index contributed by atoms with van der Waals surface area (Å²) < 4.78 is 5.26. The summed E-state index contributed by atoms with van der Waals surface area (Å²) in [6.07, 6.45) is 14.8. The quantitative estimate of drug-likeness (QED) is 0.359. The van der Waals surface area contributed by atoms with Crippen molar-refractivity contribution in [2.24, 2.45) is 5.92 Å². The van der Waals surface area contributed by atoms with Crippen molar-refractivity contribution in [2.45, 2.75) is 84.2 Å². The van der Waals surface area contributed by atoms with Crippen LogP contribution in [0.25, 0.3) is 0 Å². The lowest BCUT2D eigenvalue weighted by Crippen LogP contribution is -1.99. The van der Waals surface area contributed by atoms with Gasteiger partial charge in [-0.3, -0.25) is 0 Å². The van der Waals surface area contributed by atoms with Crippen LogP contribution < -0.4 is 0 Å². The minimum Gasteiger partial charge on any atom is -0.373 e. The van der Waals surface area contributed by atoms with E-state index in [4.69, 9.17) is 4.74 Å². The molecule has 0 aromatic heterocycles. The van der Waals surface area contributed by atoms with Crippen molar-refractivity contribution in [3.8, 4) is 0 Å². The molecule has 0 saturated carbocycles. The van der Waals surface area contributed by atoms with E-state index in [1.165, 1.54) is 64.2 Å². The van der Waals surface area contributed by atoms with Crippen molar-refractivity contribution in [2.75, 3.05) is 6.61 Å². The molecule has 96 valence electrons. The van der Waals surface area contributed by atoms with Gasteiger partial charge in [0.05, 0.1) is 12.7 Å². The monoisotopic (exact) mass is 226 g/mol. The molecule has 1 nitrogen and oxygen atoms in total. The van der Waals surface area contributed by atoms with Gasteiger partial charge in [0.25, 0.3) is 0 Å². The third-order valence-corrected chi connectivity index (χ3v) is 3.62. The first-order valence-corrected chi connectivity index (χ1v) is 7.44. The zero-order chi connectivity index (χ0) is 11.6. The molecule has 1 aliphatic rings. The van der Waals surface area contributed by atoms with Gasteiger partial charge in [-0.2, -0.15) is 0 Å². The first-order chi connectivity index (χ1) is 7.83. The molecule has 1 saturated heterocycles. The fourth-order valence-electron chi connectivity index (χ4n) is 2.40. The highest BCUT2D eigenvalue weighted by Crippen LogP contribution is 2.23. The molecular weight excluding hydrogens is 196 g/mol. The largest absolute Gasteiger partial charge is 0.373 e. The zero-order valence-electron chi connectivity index (χ0n) is 11.3. The number of epoxide rings is 1. The van der Waals surface area contributed by atoms with Gasteiger partial charge in [-0.15, -0.1) is 0 Å². The van der Waals surface area contributed by atoms with Crippen molar-refractivity contribution in [3.05, 3.63) is 0 Å². The summed E-state index contributed by atoms with van der Waals surface area (Å²) in [6, 6.07) is 0. The van der Waals surface area contributed by atoms with E-state index < -0.39 is 0 Å². The lowest BCUT2D eigenvalue weighted by molar-refractivity contribution is 0.348. The Morgan fingerprint density at radius 3 is 2.12 bits per heavy atom. The van der Waals surface area contributed by atoms with E-state index in [-0.39, 0.29) is 0 Å². The maximum absolute atomic E-state index is 5.26. The van der Waals surface area contributed by atoms with Gasteiger partial charge in [0, 0.05) is 0 Å². The Hall–Kier alpha value is -0.0400. The molecule has 0 amide bonds. The Labute approximate surface area is 102 Å². The average molecular weight is 226 g/mol. The molecule has 0 bridgehead atoms. The Balaban J connectivity index is 1.73. The summed E-state index contributed by atoms with van der Waals surface area (Å²) in [7, 11) is 0. The van der Waals surface area contributed by atoms with Crippen LogP contribution in [0.15, 0.2) is 0 Å². The second kappa shape index (κ2) is 9.04. The van der Waals surface area contributed by atoms with Gasteiger partial charge in [0.2, 0.25) is 0 Å². The van der Waals surface area contributed by atoms with Crippen LogP contribution in [0.3, 0.4) is 0 Å². The van der Waals surface area contributed by atoms with E-state index >= 15 is 0 Å². The zero-order valence-corrected chi connectivity index (χ0v) is 11.3. The van der Waals surface area contributed by atoms with Crippen LogP contribution in [-0.2, 0) is 4.74 Å². The second-order valence-corrected chi connectivity index (χ2v) is 5.56. The molecule has 0 N–H and O–H groups in total. The van der Waals surface area contributed by atoms with Gasteiger partial charge in [-0.05, 0) is 12.3 Å². The van der Waals surface area contributed by atoms with Crippen molar-refractivity contribution in [1.82, 2.24) is 0 Å². The molecule has 0 aromatic rings. The normalized spacial score (nSPS) is 21.0. The van der Waals surface area contributed by atoms with Crippen LogP contribution in [0, 0.1) is 5.92 Å². The predicted molar refractivity (Wildman–Crippen MR) is 70.7 cm³/mol. The minimum absolute atomic E-state index is 0.629. The minimum atomic E-state index is 0.629. The third kappa shape index (κ3) is 8.15. The van der Waals surface area contributed by atoms with Crippen molar-refractivity contribution >= 4 is 0 Å². The average Bonchev–Trinajstić information content (AvgIpc) is 3.06. The fraction of sp³-hybridized carbons (Fsp3) is 1.00. The van der Waals surface area contributed by atoms with Gasteiger partial charge in [0.15, 0.2) is 0 Å². The summed E-state index contributed by atoms with van der Waals surface area (Å²) in [5.41, 5.74) is 0. The highest BCUT2D eigenvalue weighted by atomic mass is 16.6. The molecule has 0 radical (unpaired) electrons. The van der Waals surface area contributed by atoms with Crippen LogP contribution >= 0.6 is 0 Å². The number of hydrogen-bond donors (Lipinski definition) is 0. The van der Waals surface area contributed by atoms with Crippen LogP contribution in [0.5, 0.6) is 0 Å². The maximum Gasteiger partial charge on any atom is 0.0812 e. The molecule has 1 rings (SSSR count). The van der Waals surface area contributed by atoms with Gasteiger partial charge < -0.3 is 4.74 Å². The third-order valence-electron chi connectivity index (χ3n) is 3.62. The van der Waals surface area contributed by atoms with Gasteiger partial charge >= 0.3 is 0 Å². The summed E-state index contributed by atoms with van der Waals surface area (Å²) in [4.78, 5) is 0. The summed E-state index contributed by atoms with van der Waals surface area (Å²) in [5, 5.41) is 0. The topological polar surface area (TPSA) is 12.5 Å². The van der Waals surface area contributed by atoms with E-state index in [1.54, 1.807) is 0 Å². The van der Waals surface area contributed by atoms with Gasteiger partial charge in [0.1, 0.15) is 0 Å². The highest BCUT2D eigenvalue weighted by molar-refractivity contribution is 4.71. The number of unbranched alkanes of at least 4 members (excludes halogenated alkanes) is 7. The number of hydrogen-bond acceptors (Lipinski definition) is 1.